The normalized spacial score (nSPS) is 17.3. The molecule has 0 amide bonds. The number of aryl methyl sites for hydroxylation is 1. The summed E-state index contributed by atoms with van der Waals surface area (Å²) in [6, 6.07) is 7.73. The van der Waals surface area contributed by atoms with Crippen LogP contribution >= 0.6 is 0 Å². The molecule has 1 unspecified atom stereocenters. The summed E-state index contributed by atoms with van der Waals surface area (Å²) in [6.07, 6.45) is 3.91. The standard InChI is InChI=1S/C14H14N2O2/c1-16-7-6-15-14(16)8-12(17)11-9-18-13-5-3-2-4-10(11)13/h2-7,11H,8-9H2,1H3. The van der Waals surface area contributed by atoms with E-state index in [-0.39, 0.29) is 11.7 Å². The van der Waals surface area contributed by atoms with E-state index < -0.39 is 0 Å². The number of aromatic nitrogens is 2. The summed E-state index contributed by atoms with van der Waals surface area (Å²) in [7, 11) is 1.90. The van der Waals surface area contributed by atoms with Crippen molar-refractivity contribution in [1.82, 2.24) is 9.55 Å². The molecule has 0 spiro atoms. The van der Waals surface area contributed by atoms with Crippen molar-refractivity contribution in [2.45, 2.75) is 12.3 Å². The van der Waals surface area contributed by atoms with E-state index in [9.17, 15) is 4.79 Å². The molecule has 1 atom stereocenters. The minimum absolute atomic E-state index is 0.155. The van der Waals surface area contributed by atoms with Gasteiger partial charge in [0.2, 0.25) is 0 Å². The van der Waals surface area contributed by atoms with Crippen LogP contribution in [0.5, 0.6) is 5.75 Å². The lowest BCUT2D eigenvalue weighted by Crippen LogP contribution is -2.18. The lowest BCUT2D eigenvalue weighted by Gasteiger charge is -2.07. The van der Waals surface area contributed by atoms with Crippen LogP contribution in [0, 0.1) is 0 Å². The van der Waals surface area contributed by atoms with Crippen molar-refractivity contribution in [2.24, 2.45) is 7.05 Å². The topological polar surface area (TPSA) is 44.1 Å². The Labute approximate surface area is 105 Å². The van der Waals surface area contributed by atoms with Crippen LogP contribution in [-0.2, 0) is 18.3 Å². The maximum atomic E-state index is 12.3. The fraction of sp³-hybridized carbons (Fsp3) is 0.286. The smallest absolute Gasteiger partial charge is 0.151 e. The molecule has 4 nitrogen and oxygen atoms in total. The number of rotatable bonds is 3. The van der Waals surface area contributed by atoms with E-state index in [0.29, 0.717) is 13.0 Å². The summed E-state index contributed by atoms with van der Waals surface area (Å²) >= 11 is 0. The first kappa shape index (κ1) is 11.0. The summed E-state index contributed by atoms with van der Waals surface area (Å²) < 4.78 is 7.41. The van der Waals surface area contributed by atoms with Gasteiger partial charge in [0.15, 0.2) is 5.78 Å². The number of fused-ring (bicyclic) bond motifs is 1. The molecule has 0 saturated carbocycles. The van der Waals surface area contributed by atoms with E-state index in [4.69, 9.17) is 4.74 Å². The van der Waals surface area contributed by atoms with E-state index in [1.54, 1.807) is 6.20 Å². The fourth-order valence-corrected chi connectivity index (χ4v) is 2.27. The predicted molar refractivity (Wildman–Crippen MR) is 66.6 cm³/mol. The van der Waals surface area contributed by atoms with Gasteiger partial charge in [0, 0.05) is 25.0 Å². The average molecular weight is 242 g/mol. The molecule has 1 aliphatic heterocycles. The zero-order valence-corrected chi connectivity index (χ0v) is 10.2. The molecule has 0 aliphatic carbocycles. The highest BCUT2D eigenvalue weighted by Gasteiger charge is 2.30. The molecule has 92 valence electrons. The number of carbonyl (C=O) groups is 1. The van der Waals surface area contributed by atoms with Crippen LogP contribution in [0.15, 0.2) is 36.7 Å². The summed E-state index contributed by atoms with van der Waals surface area (Å²) in [5.41, 5.74) is 0.997. The van der Waals surface area contributed by atoms with Crippen molar-refractivity contribution in [1.29, 1.82) is 0 Å². The number of ketones is 1. The molecule has 0 bridgehead atoms. The Balaban J connectivity index is 1.81. The highest BCUT2D eigenvalue weighted by Crippen LogP contribution is 2.34. The monoisotopic (exact) mass is 242 g/mol. The van der Waals surface area contributed by atoms with Crippen LogP contribution in [0.4, 0.5) is 0 Å². The van der Waals surface area contributed by atoms with E-state index in [2.05, 4.69) is 4.98 Å². The average Bonchev–Trinajstić information content (AvgIpc) is 2.96. The Morgan fingerprint density at radius 1 is 1.50 bits per heavy atom. The minimum atomic E-state index is -0.155. The lowest BCUT2D eigenvalue weighted by molar-refractivity contribution is -0.120. The van der Waals surface area contributed by atoms with Crippen molar-refractivity contribution in [3.05, 3.63) is 48.0 Å². The Kier molecular flexibility index (Phi) is 2.63. The van der Waals surface area contributed by atoms with Crippen molar-refractivity contribution in [3.8, 4) is 5.75 Å². The van der Waals surface area contributed by atoms with E-state index in [0.717, 1.165) is 17.1 Å². The zero-order chi connectivity index (χ0) is 12.5. The number of carbonyl (C=O) groups excluding carboxylic acids is 1. The second-order valence-corrected chi connectivity index (χ2v) is 4.50. The number of hydrogen-bond acceptors (Lipinski definition) is 3. The minimum Gasteiger partial charge on any atom is -0.492 e. The molecule has 0 saturated heterocycles. The molecule has 0 radical (unpaired) electrons. The van der Waals surface area contributed by atoms with Gasteiger partial charge in [0.05, 0.1) is 12.3 Å². The number of Topliss-reactive ketones (excluding diaryl/α,β-unsaturated/α-hetero) is 1. The number of imidazole rings is 1. The summed E-state index contributed by atoms with van der Waals surface area (Å²) in [5, 5.41) is 0. The number of nitrogens with zero attached hydrogens (tertiary/aromatic N) is 2. The highest BCUT2D eigenvalue weighted by atomic mass is 16.5. The zero-order valence-electron chi connectivity index (χ0n) is 10.2. The van der Waals surface area contributed by atoms with Gasteiger partial charge < -0.3 is 9.30 Å². The van der Waals surface area contributed by atoms with Crippen LogP contribution in [0.1, 0.15) is 17.3 Å². The summed E-state index contributed by atoms with van der Waals surface area (Å²) in [5.74, 6) is 1.63. The summed E-state index contributed by atoms with van der Waals surface area (Å²) in [4.78, 5) is 16.5. The molecule has 4 heteroatoms. The van der Waals surface area contributed by atoms with Gasteiger partial charge in [-0.05, 0) is 6.07 Å². The SMILES string of the molecule is Cn1ccnc1CC(=O)C1COc2ccccc21. The van der Waals surface area contributed by atoms with Gasteiger partial charge in [-0.1, -0.05) is 18.2 Å². The Morgan fingerprint density at radius 2 is 2.33 bits per heavy atom. The third-order valence-corrected chi connectivity index (χ3v) is 3.34. The first-order valence-electron chi connectivity index (χ1n) is 5.96. The molecule has 18 heavy (non-hydrogen) atoms. The number of para-hydroxylation sites is 1. The maximum absolute atomic E-state index is 12.3. The van der Waals surface area contributed by atoms with Crippen molar-refractivity contribution >= 4 is 5.78 Å². The summed E-state index contributed by atoms with van der Waals surface area (Å²) in [6.45, 7) is 0.447. The van der Waals surface area contributed by atoms with Gasteiger partial charge >= 0.3 is 0 Å². The Morgan fingerprint density at radius 3 is 3.11 bits per heavy atom. The predicted octanol–water partition coefficient (Wildman–Crippen LogP) is 1.71. The second-order valence-electron chi connectivity index (χ2n) is 4.50. The maximum Gasteiger partial charge on any atom is 0.151 e. The Bertz CT molecular complexity index is 589. The first-order chi connectivity index (χ1) is 8.75. The lowest BCUT2D eigenvalue weighted by atomic mass is 9.95. The molecule has 1 aliphatic rings. The highest BCUT2D eigenvalue weighted by molar-refractivity contribution is 5.88. The Hall–Kier alpha value is -2.10. The van der Waals surface area contributed by atoms with Gasteiger partial charge in [-0.3, -0.25) is 4.79 Å². The van der Waals surface area contributed by atoms with Crippen LogP contribution < -0.4 is 4.74 Å². The van der Waals surface area contributed by atoms with E-state index in [1.165, 1.54) is 0 Å². The number of benzene rings is 1. The molecule has 0 N–H and O–H groups in total. The van der Waals surface area contributed by atoms with Crippen molar-refractivity contribution in [3.63, 3.8) is 0 Å². The van der Waals surface area contributed by atoms with Crippen LogP contribution in [0.25, 0.3) is 0 Å². The quantitative estimate of drug-likeness (QED) is 0.823. The molecule has 2 aromatic rings. The van der Waals surface area contributed by atoms with Crippen LogP contribution in [-0.4, -0.2) is 21.9 Å². The third kappa shape index (κ3) is 1.79. The molecule has 1 aromatic carbocycles. The van der Waals surface area contributed by atoms with E-state index in [1.807, 2.05) is 42.1 Å². The van der Waals surface area contributed by atoms with Gasteiger partial charge in [0.1, 0.15) is 18.2 Å². The van der Waals surface area contributed by atoms with Crippen molar-refractivity contribution < 1.29 is 9.53 Å². The number of ether oxygens (including phenoxy) is 1. The fourth-order valence-electron chi connectivity index (χ4n) is 2.27. The molecule has 1 aromatic heterocycles. The van der Waals surface area contributed by atoms with Crippen molar-refractivity contribution in [2.75, 3.05) is 6.61 Å². The van der Waals surface area contributed by atoms with Gasteiger partial charge in [-0.2, -0.15) is 0 Å². The molecular formula is C14H14N2O2. The van der Waals surface area contributed by atoms with Gasteiger partial charge in [-0.25, -0.2) is 4.98 Å². The first-order valence-corrected chi connectivity index (χ1v) is 5.96. The third-order valence-electron chi connectivity index (χ3n) is 3.34. The molecular weight excluding hydrogens is 228 g/mol. The largest absolute Gasteiger partial charge is 0.492 e. The second kappa shape index (κ2) is 4.29. The molecule has 2 heterocycles. The van der Waals surface area contributed by atoms with Gasteiger partial charge in [-0.15, -0.1) is 0 Å². The number of hydrogen-bond donors (Lipinski definition) is 0. The van der Waals surface area contributed by atoms with E-state index >= 15 is 0 Å². The van der Waals surface area contributed by atoms with Crippen LogP contribution in [0.3, 0.4) is 0 Å². The van der Waals surface area contributed by atoms with Crippen LogP contribution in [0.2, 0.25) is 0 Å². The van der Waals surface area contributed by atoms with Gasteiger partial charge in [0.25, 0.3) is 0 Å². The molecule has 0 fully saturated rings. The molecule has 3 rings (SSSR count).